The van der Waals surface area contributed by atoms with Gasteiger partial charge in [0.05, 0.1) is 11.7 Å². The van der Waals surface area contributed by atoms with Crippen molar-refractivity contribution in [2.45, 2.75) is 70.4 Å². The fourth-order valence-corrected chi connectivity index (χ4v) is 8.73. The third-order valence-electron chi connectivity index (χ3n) is 10.4. The van der Waals surface area contributed by atoms with E-state index in [1.165, 1.54) is 43.3 Å². The standard InChI is InChI=1S/C30H31FO8/c1-15-10-20-21-13-23(31)22-12-18(33)8-9-27(22,3)30(21)24(38-30)14-28(20,4)29(15,26(35)36)39-25(34)17-6-5-7-19(11-17)37-16(2)32/h5-9,11-12,15,20-21,23-24H,10,13-14H2,1-4H3,(H,35,36)/t15-,20?,21?,23+,24+,27+,28+,29+,30-/m1/s1. The van der Waals surface area contributed by atoms with Crippen LogP contribution in [0.15, 0.2) is 48.1 Å². The van der Waals surface area contributed by atoms with E-state index in [2.05, 4.69) is 0 Å². The van der Waals surface area contributed by atoms with E-state index >= 15 is 4.39 Å². The zero-order valence-corrected chi connectivity index (χ0v) is 22.2. The molecule has 39 heavy (non-hydrogen) atoms. The molecule has 9 heteroatoms. The molecule has 0 aromatic heterocycles. The molecule has 206 valence electrons. The molecule has 9 atom stereocenters. The number of benzene rings is 1. The van der Waals surface area contributed by atoms with Crippen LogP contribution in [0.1, 0.15) is 57.3 Å². The number of epoxide rings is 1. The van der Waals surface area contributed by atoms with Crippen LogP contribution < -0.4 is 4.74 Å². The molecule has 1 aliphatic heterocycles. The van der Waals surface area contributed by atoms with Gasteiger partial charge >= 0.3 is 17.9 Å². The Morgan fingerprint density at radius 1 is 1.15 bits per heavy atom. The molecule has 1 heterocycles. The number of aliphatic carboxylic acids is 1. The van der Waals surface area contributed by atoms with E-state index in [-0.39, 0.29) is 41.5 Å². The fraction of sp³-hybridized carbons (Fsp3) is 0.533. The first-order chi connectivity index (χ1) is 18.3. The van der Waals surface area contributed by atoms with Crippen LogP contribution in [0.5, 0.6) is 5.75 Å². The number of esters is 2. The lowest BCUT2D eigenvalue weighted by Gasteiger charge is -2.56. The summed E-state index contributed by atoms with van der Waals surface area (Å²) >= 11 is 0. The molecule has 1 N–H and O–H groups in total. The molecule has 5 aliphatic rings. The Morgan fingerprint density at radius 2 is 1.90 bits per heavy atom. The maximum Gasteiger partial charge on any atom is 0.349 e. The molecule has 8 nitrogen and oxygen atoms in total. The number of hydrogen-bond donors (Lipinski definition) is 1. The SMILES string of the molecule is CC(=O)Oc1cccc(C(=O)O[C@]2(C(=O)O)[C@H](C)CC3C4C[C@H](F)C5=CC(=O)C=C[C@]5(C)[C@@]45O[C@H]5C[C@@]32C)c1. The van der Waals surface area contributed by atoms with E-state index in [4.69, 9.17) is 14.2 Å². The third-order valence-corrected chi connectivity index (χ3v) is 10.4. The number of carboxylic acids is 1. The number of alkyl halides is 1. The molecule has 2 unspecified atom stereocenters. The second-order valence-corrected chi connectivity index (χ2v) is 12.2. The van der Waals surface area contributed by atoms with E-state index in [9.17, 15) is 24.3 Å². The molecule has 1 saturated heterocycles. The van der Waals surface area contributed by atoms with Gasteiger partial charge in [0.15, 0.2) is 5.78 Å². The van der Waals surface area contributed by atoms with Gasteiger partial charge in [-0.2, -0.15) is 0 Å². The minimum absolute atomic E-state index is 0.0576. The van der Waals surface area contributed by atoms with Gasteiger partial charge in [0, 0.05) is 23.7 Å². The Bertz CT molecular complexity index is 1380. The molecule has 0 bridgehead atoms. The van der Waals surface area contributed by atoms with Crippen molar-refractivity contribution in [2.24, 2.45) is 28.6 Å². The largest absolute Gasteiger partial charge is 0.478 e. The maximum absolute atomic E-state index is 15.7. The summed E-state index contributed by atoms with van der Waals surface area (Å²) < 4.78 is 33.3. The summed E-state index contributed by atoms with van der Waals surface area (Å²) in [6.45, 7) is 6.73. The number of carbonyl (C=O) groups excluding carboxylic acids is 3. The topological polar surface area (TPSA) is 120 Å². The maximum atomic E-state index is 15.7. The van der Waals surface area contributed by atoms with Crippen molar-refractivity contribution in [1.82, 2.24) is 0 Å². The van der Waals surface area contributed by atoms with Gasteiger partial charge in [0.25, 0.3) is 0 Å². The normalized spacial score (nSPS) is 43.3. The van der Waals surface area contributed by atoms with Crippen LogP contribution in [0.4, 0.5) is 4.39 Å². The molecule has 6 rings (SSSR count). The molecular weight excluding hydrogens is 507 g/mol. The highest BCUT2D eigenvalue weighted by molar-refractivity contribution is 6.01. The molecule has 1 spiro atoms. The van der Waals surface area contributed by atoms with Gasteiger partial charge in [0.2, 0.25) is 5.60 Å². The van der Waals surface area contributed by atoms with E-state index in [0.29, 0.717) is 18.4 Å². The van der Waals surface area contributed by atoms with Gasteiger partial charge in [-0.1, -0.05) is 26.0 Å². The molecule has 0 amide bonds. The summed E-state index contributed by atoms with van der Waals surface area (Å²) in [6, 6.07) is 5.85. The van der Waals surface area contributed by atoms with Crippen LogP contribution in [0, 0.1) is 28.6 Å². The first kappa shape index (κ1) is 25.9. The van der Waals surface area contributed by atoms with Crippen molar-refractivity contribution in [3.05, 3.63) is 53.6 Å². The van der Waals surface area contributed by atoms with Crippen LogP contribution in [-0.4, -0.2) is 52.3 Å². The van der Waals surface area contributed by atoms with E-state index in [1.54, 1.807) is 13.0 Å². The van der Waals surface area contributed by atoms with Crippen LogP contribution >= 0.6 is 0 Å². The second-order valence-electron chi connectivity index (χ2n) is 12.2. The number of ketones is 1. The highest BCUT2D eigenvalue weighted by Gasteiger charge is 2.84. The smallest absolute Gasteiger partial charge is 0.349 e. The highest BCUT2D eigenvalue weighted by Crippen LogP contribution is 2.77. The minimum Gasteiger partial charge on any atom is -0.478 e. The number of hydrogen-bond acceptors (Lipinski definition) is 7. The number of rotatable bonds is 4. The summed E-state index contributed by atoms with van der Waals surface area (Å²) in [5.41, 5.74) is -4.00. The lowest BCUT2D eigenvalue weighted by atomic mass is 9.46. The minimum atomic E-state index is -1.88. The molecule has 4 fully saturated rings. The quantitative estimate of drug-likeness (QED) is 0.344. The average molecular weight is 539 g/mol. The van der Waals surface area contributed by atoms with Crippen LogP contribution in [0.25, 0.3) is 0 Å². The number of fused-ring (bicyclic) bond motifs is 3. The summed E-state index contributed by atoms with van der Waals surface area (Å²) in [4.78, 5) is 50.0. The first-order valence-corrected chi connectivity index (χ1v) is 13.3. The Morgan fingerprint density at radius 3 is 2.59 bits per heavy atom. The molecule has 4 aliphatic carbocycles. The van der Waals surface area contributed by atoms with Gasteiger partial charge in [-0.15, -0.1) is 0 Å². The molecular formula is C30H31FO8. The summed E-state index contributed by atoms with van der Waals surface area (Å²) in [6.07, 6.45) is 3.69. The highest BCUT2D eigenvalue weighted by atomic mass is 19.1. The van der Waals surface area contributed by atoms with Crippen molar-refractivity contribution in [1.29, 1.82) is 0 Å². The second kappa shape index (κ2) is 8.10. The number of carbonyl (C=O) groups is 4. The van der Waals surface area contributed by atoms with Gasteiger partial charge in [0.1, 0.15) is 17.5 Å². The van der Waals surface area contributed by atoms with Crippen LogP contribution in [0.3, 0.4) is 0 Å². The molecule has 1 aromatic rings. The van der Waals surface area contributed by atoms with E-state index in [0.717, 1.165) is 0 Å². The van der Waals surface area contributed by atoms with Crippen LogP contribution in [-0.2, 0) is 23.9 Å². The van der Waals surface area contributed by atoms with Crippen molar-refractivity contribution in [2.75, 3.05) is 0 Å². The zero-order valence-electron chi connectivity index (χ0n) is 22.2. The monoisotopic (exact) mass is 538 g/mol. The molecule has 1 aromatic carbocycles. The Kier molecular flexibility index (Phi) is 5.38. The van der Waals surface area contributed by atoms with Gasteiger partial charge in [-0.05, 0) is 73.9 Å². The van der Waals surface area contributed by atoms with Crippen molar-refractivity contribution in [3.63, 3.8) is 0 Å². The first-order valence-electron chi connectivity index (χ1n) is 13.3. The Hall–Kier alpha value is -3.33. The van der Waals surface area contributed by atoms with Crippen molar-refractivity contribution < 1.29 is 42.9 Å². The summed E-state index contributed by atoms with van der Waals surface area (Å²) in [5, 5.41) is 10.7. The van der Waals surface area contributed by atoms with E-state index in [1.807, 2.05) is 13.8 Å². The number of carboxylic acid groups (broad SMARTS) is 1. The molecule has 0 radical (unpaired) electrons. The lowest BCUT2D eigenvalue weighted by Crippen LogP contribution is -2.64. The van der Waals surface area contributed by atoms with E-state index < -0.39 is 52.0 Å². The predicted octanol–water partition coefficient (Wildman–Crippen LogP) is 4.23. The molecule has 3 saturated carbocycles. The number of allylic oxidation sites excluding steroid dienone is 2. The van der Waals surface area contributed by atoms with Crippen molar-refractivity contribution >= 4 is 23.7 Å². The van der Waals surface area contributed by atoms with Crippen LogP contribution in [0.2, 0.25) is 0 Å². The average Bonchev–Trinajstić information content (AvgIpc) is 3.54. The summed E-state index contributed by atoms with van der Waals surface area (Å²) in [7, 11) is 0. The summed E-state index contributed by atoms with van der Waals surface area (Å²) in [5.74, 6) is -3.94. The van der Waals surface area contributed by atoms with Gasteiger partial charge < -0.3 is 19.3 Å². The lowest BCUT2D eigenvalue weighted by molar-refractivity contribution is -0.185. The fourth-order valence-electron chi connectivity index (χ4n) is 8.73. The predicted molar refractivity (Wildman–Crippen MR) is 134 cm³/mol. The number of ether oxygens (including phenoxy) is 3. The number of halogens is 1. The van der Waals surface area contributed by atoms with Gasteiger partial charge in [-0.25, -0.2) is 14.0 Å². The zero-order chi connectivity index (χ0) is 28.1. The Balaban J connectivity index is 1.38. The Labute approximate surface area is 225 Å². The third kappa shape index (κ3) is 3.19. The van der Waals surface area contributed by atoms with Gasteiger partial charge in [-0.3, -0.25) is 9.59 Å². The van der Waals surface area contributed by atoms with Crippen molar-refractivity contribution in [3.8, 4) is 5.75 Å².